The van der Waals surface area contributed by atoms with Crippen molar-refractivity contribution in [1.82, 2.24) is 5.32 Å². The summed E-state index contributed by atoms with van der Waals surface area (Å²) in [5, 5.41) is 2.20. The summed E-state index contributed by atoms with van der Waals surface area (Å²) in [6.07, 6.45) is 2.58. The van der Waals surface area contributed by atoms with E-state index in [2.05, 4.69) is 37.4 Å². The van der Waals surface area contributed by atoms with Crippen LogP contribution in [-0.4, -0.2) is 11.8 Å². The molecule has 2 amide bonds. The molecular formula is C19H19NO2. The molecule has 0 spiro atoms. The molecule has 0 radical (unpaired) electrons. The molecule has 1 unspecified atom stereocenters. The minimum Gasteiger partial charge on any atom is -0.288 e. The van der Waals surface area contributed by atoms with Gasteiger partial charge < -0.3 is 0 Å². The van der Waals surface area contributed by atoms with Crippen molar-refractivity contribution in [3.05, 3.63) is 70.3 Å². The maximum atomic E-state index is 10.9. The zero-order valence-corrected chi connectivity index (χ0v) is 12.8. The molecule has 1 aliphatic heterocycles. The number of imide groups is 1. The van der Waals surface area contributed by atoms with Gasteiger partial charge in [0.25, 0.3) is 11.8 Å². The van der Waals surface area contributed by atoms with E-state index in [0.29, 0.717) is 11.1 Å². The van der Waals surface area contributed by atoms with Crippen molar-refractivity contribution in [2.45, 2.75) is 26.7 Å². The Morgan fingerprint density at radius 3 is 2.14 bits per heavy atom. The van der Waals surface area contributed by atoms with Crippen LogP contribution in [0.2, 0.25) is 0 Å². The van der Waals surface area contributed by atoms with Crippen molar-refractivity contribution in [2.75, 3.05) is 0 Å². The maximum absolute atomic E-state index is 10.9. The smallest absolute Gasteiger partial charge is 0.258 e. The molecule has 0 saturated heterocycles. The summed E-state index contributed by atoms with van der Waals surface area (Å²) >= 11 is 0. The largest absolute Gasteiger partial charge is 0.288 e. The number of amides is 2. The van der Waals surface area contributed by atoms with Crippen molar-refractivity contribution in [3.8, 4) is 0 Å². The molecule has 112 valence electrons. The Kier molecular flexibility index (Phi) is 3.80. The summed E-state index contributed by atoms with van der Waals surface area (Å²) in [5.41, 5.74) is 5.49. The van der Waals surface area contributed by atoms with E-state index in [9.17, 15) is 9.59 Å². The zero-order chi connectivity index (χ0) is 15.7. The lowest BCUT2D eigenvalue weighted by Gasteiger charge is -1.98. The second kappa shape index (κ2) is 5.76. The molecule has 1 heterocycles. The molecule has 2 aliphatic rings. The van der Waals surface area contributed by atoms with Crippen LogP contribution in [0.1, 0.15) is 44.3 Å². The first kappa shape index (κ1) is 14.5. The quantitative estimate of drug-likeness (QED) is 0.758. The van der Waals surface area contributed by atoms with Crippen LogP contribution in [0, 0.1) is 12.8 Å². The van der Waals surface area contributed by atoms with Gasteiger partial charge in [0.1, 0.15) is 0 Å². The normalized spacial score (nSPS) is 18.2. The Morgan fingerprint density at radius 1 is 0.909 bits per heavy atom. The fourth-order valence-electron chi connectivity index (χ4n) is 3.08. The number of rotatable bonds is 0. The van der Waals surface area contributed by atoms with Gasteiger partial charge in [-0.05, 0) is 48.9 Å². The maximum Gasteiger partial charge on any atom is 0.258 e. The van der Waals surface area contributed by atoms with E-state index in [1.807, 2.05) is 0 Å². The Balaban J connectivity index is 0.000000131. The monoisotopic (exact) mass is 293 g/mol. The van der Waals surface area contributed by atoms with Crippen LogP contribution in [0.15, 0.2) is 42.5 Å². The van der Waals surface area contributed by atoms with E-state index in [1.165, 1.54) is 18.4 Å². The van der Waals surface area contributed by atoms with Gasteiger partial charge in [0, 0.05) is 0 Å². The predicted molar refractivity (Wildman–Crippen MR) is 86.0 cm³/mol. The van der Waals surface area contributed by atoms with Crippen molar-refractivity contribution >= 4 is 11.8 Å². The average Bonchev–Trinajstić information content (AvgIpc) is 2.99. The zero-order valence-electron chi connectivity index (χ0n) is 12.8. The van der Waals surface area contributed by atoms with Crippen LogP contribution in [0.25, 0.3) is 0 Å². The number of hydrogen-bond donors (Lipinski definition) is 1. The van der Waals surface area contributed by atoms with Gasteiger partial charge in [-0.2, -0.15) is 0 Å². The Labute approximate surface area is 130 Å². The molecule has 3 nitrogen and oxygen atoms in total. The van der Waals surface area contributed by atoms with E-state index in [-0.39, 0.29) is 11.8 Å². The first-order chi connectivity index (χ1) is 10.5. The highest BCUT2D eigenvalue weighted by atomic mass is 16.2. The van der Waals surface area contributed by atoms with Crippen LogP contribution < -0.4 is 5.32 Å². The van der Waals surface area contributed by atoms with Gasteiger partial charge in [0.2, 0.25) is 0 Å². The average molecular weight is 293 g/mol. The Hall–Kier alpha value is -2.42. The van der Waals surface area contributed by atoms with E-state index >= 15 is 0 Å². The summed E-state index contributed by atoms with van der Waals surface area (Å²) in [6.45, 7) is 4.50. The molecule has 2 aromatic rings. The predicted octanol–water partition coefficient (Wildman–Crippen LogP) is 3.30. The second-order valence-corrected chi connectivity index (χ2v) is 6.11. The lowest BCUT2D eigenvalue weighted by atomic mass is 10.1. The SMILES string of the molecule is Cc1ccc2c(c1)CC(C)C2.O=C1NC(=O)c2ccccc21. The third-order valence-electron chi connectivity index (χ3n) is 4.14. The Morgan fingerprint density at radius 2 is 1.50 bits per heavy atom. The van der Waals surface area contributed by atoms with E-state index in [1.54, 1.807) is 35.4 Å². The highest BCUT2D eigenvalue weighted by Gasteiger charge is 2.25. The Bertz CT molecular complexity index is 716. The number of hydrogen-bond acceptors (Lipinski definition) is 2. The molecule has 0 bridgehead atoms. The number of carbonyl (C=O) groups is 2. The molecule has 1 N–H and O–H groups in total. The van der Waals surface area contributed by atoms with Crippen LogP contribution in [0.4, 0.5) is 0 Å². The lowest BCUT2D eigenvalue weighted by Crippen LogP contribution is -2.19. The number of nitrogens with one attached hydrogen (secondary N) is 1. The molecule has 3 heteroatoms. The van der Waals surface area contributed by atoms with Crippen molar-refractivity contribution < 1.29 is 9.59 Å². The first-order valence-electron chi connectivity index (χ1n) is 7.57. The van der Waals surface area contributed by atoms with E-state index < -0.39 is 0 Å². The van der Waals surface area contributed by atoms with Crippen molar-refractivity contribution in [2.24, 2.45) is 5.92 Å². The molecule has 0 saturated carbocycles. The fourth-order valence-corrected chi connectivity index (χ4v) is 3.08. The first-order valence-corrected chi connectivity index (χ1v) is 7.57. The third kappa shape index (κ3) is 2.80. The van der Waals surface area contributed by atoms with E-state index in [4.69, 9.17) is 0 Å². The summed E-state index contributed by atoms with van der Waals surface area (Å²) in [5.74, 6) is 0.267. The van der Waals surface area contributed by atoms with Crippen LogP contribution in [0.5, 0.6) is 0 Å². The molecule has 0 aromatic heterocycles. The second-order valence-electron chi connectivity index (χ2n) is 6.11. The van der Waals surface area contributed by atoms with Gasteiger partial charge in [-0.3, -0.25) is 14.9 Å². The van der Waals surface area contributed by atoms with Crippen molar-refractivity contribution in [3.63, 3.8) is 0 Å². The summed E-state index contributed by atoms with van der Waals surface area (Å²) in [6, 6.07) is 13.6. The number of aryl methyl sites for hydroxylation is 1. The van der Waals surface area contributed by atoms with Gasteiger partial charge in [0.15, 0.2) is 0 Å². The van der Waals surface area contributed by atoms with Gasteiger partial charge in [-0.1, -0.05) is 42.8 Å². The molecule has 22 heavy (non-hydrogen) atoms. The molecule has 4 rings (SSSR count). The molecule has 0 fully saturated rings. The topological polar surface area (TPSA) is 46.2 Å². The standard InChI is InChI=1S/C11H14.C8H5NO2/c1-8-3-4-10-6-9(2)7-11(10)5-8;10-7-5-3-1-2-4-6(5)8(11)9-7/h3-5,9H,6-7H2,1-2H3;1-4H,(H,9,10,11). The third-order valence-corrected chi connectivity index (χ3v) is 4.14. The van der Waals surface area contributed by atoms with Gasteiger partial charge >= 0.3 is 0 Å². The molecule has 1 aliphatic carbocycles. The molecular weight excluding hydrogens is 274 g/mol. The minimum absolute atomic E-state index is 0.300. The number of benzene rings is 2. The number of fused-ring (bicyclic) bond motifs is 2. The summed E-state index contributed by atoms with van der Waals surface area (Å²) in [4.78, 5) is 21.9. The molecule has 2 aromatic carbocycles. The van der Waals surface area contributed by atoms with Crippen molar-refractivity contribution in [1.29, 1.82) is 0 Å². The highest BCUT2D eigenvalue weighted by Crippen LogP contribution is 2.26. The fraction of sp³-hybridized carbons (Fsp3) is 0.263. The van der Waals surface area contributed by atoms with Crippen LogP contribution in [0.3, 0.4) is 0 Å². The summed E-state index contributed by atoms with van der Waals surface area (Å²) in [7, 11) is 0. The minimum atomic E-state index is -0.300. The lowest BCUT2D eigenvalue weighted by molar-refractivity contribution is 0.0879. The van der Waals surface area contributed by atoms with Gasteiger partial charge in [-0.15, -0.1) is 0 Å². The highest BCUT2D eigenvalue weighted by molar-refractivity contribution is 6.21. The van der Waals surface area contributed by atoms with E-state index in [0.717, 1.165) is 5.92 Å². The molecule has 1 atom stereocenters. The van der Waals surface area contributed by atoms with Gasteiger partial charge in [-0.25, -0.2) is 0 Å². The van der Waals surface area contributed by atoms with Crippen LogP contribution >= 0.6 is 0 Å². The summed E-state index contributed by atoms with van der Waals surface area (Å²) < 4.78 is 0. The van der Waals surface area contributed by atoms with Crippen LogP contribution in [-0.2, 0) is 12.8 Å². The van der Waals surface area contributed by atoms with Gasteiger partial charge in [0.05, 0.1) is 11.1 Å². The number of carbonyl (C=O) groups excluding carboxylic acids is 2.